The van der Waals surface area contributed by atoms with Crippen LogP contribution in [0.25, 0.3) is 0 Å². The van der Waals surface area contributed by atoms with Crippen molar-refractivity contribution in [2.45, 2.75) is 0 Å². The third-order valence-corrected chi connectivity index (χ3v) is 0. The third-order valence-electron chi connectivity index (χ3n) is 0. The topological polar surface area (TPSA) is 60.4 Å². The van der Waals surface area contributed by atoms with E-state index >= 15 is 0 Å². The molecule has 0 aromatic heterocycles. The largest absolute Gasteiger partial charge is 1.00 e. The fourth-order valence-corrected chi connectivity index (χ4v) is 0. The summed E-state index contributed by atoms with van der Waals surface area (Å²) in [6.45, 7) is 0. The van der Waals surface area contributed by atoms with E-state index in [4.69, 9.17) is 15.0 Å². The van der Waals surface area contributed by atoms with Crippen molar-refractivity contribution in [3.05, 3.63) is 0 Å². The molecular formula is CHFLi2O3. The van der Waals surface area contributed by atoms with Crippen molar-refractivity contribution in [3.63, 3.8) is 0 Å². The van der Waals surface area contributed by atoms with Crippen LogP contribution in [0, 0.1) is 0 Å². The molecular weight excluding hydrogens is 92.9 g/mol. The molecule has 0 aromatic rings. The molecule has 0 aliphatic rings. The van der Waals surface area contributed by atoms with Gasteiger partial charge >= 0.3 is 37.7 Å². The molecule has 0 atom stereocenters. The van der Waals surface area contributed by atoms with Crippen LogP contribution in [-0.2, 0) is 0 Å². The molecule has 0 aliphatic carbocycles. The Morgan fingerprint density at radius 1 is 1.43 bits per heavy atom. The molecule has 6 heteroatoms. The van der Waals surface area contributed by atoms with E-state index in [1.807, 2.05) is 0 Å². The molecule has 0 spiro atoms. The van der Waals surface area contributed by atoms with Crippen LogP contribution < -0.4 is 47.5 Å². The predicted molar refractivity (Wildman–Crippen MR) is 8.02 cm³/mol. The fourth-order valence-electron chi connectivity index (χ4n) is 0. The van der Waals surface area contributed by atoms with Crippen molar-refractivity contribution >= 4 is 6.16 Å². The summed E-state index contributed by atoms with van der Waals surface area (Å²) in [4.78, 5) is 8.44. The van der Waals surface area contributed by atoms with E-state index in [1.54, 1.807) is 0 Å². The summed E-state index contributed by atoms with van der Waals surface area (Å²) in [5.41, 5.74) is 0. The first-order valence-corrected chi connectivity index (χ1v) is 0.632. The zero-order valence-corrected chi connectivity index (χ0v) is 4.14. The predicted octanol–water partition coefficient (Wildman–Crippen LogP) is -10.1. The second kappa shape index (κ2) is 16.1. The standard InChI is InChI=1S/CH2O3.FH.2Li/c2-1(3)4;;;/h(H2,2,3,4);1H;;/q;;2*+1/p-2. The van der Waals surface area contributed by atoms with E-state index in [0.29, 0.717) is 0 Å². The van der Waals surface area contributed by atoms with Gasteiger partial charge in [0.15, 0.2) is 0 Å². The maximum atomic E-state index is 8.44. The van der Waals surface area contributed by atoms with Gasteiger partial charge in [-0.3, -0.25) is 0 Å². The van der Waals surface area contributed by atoms with Gasteiger partial charge in [0.05, 0.1) is 0 Å². The molecule has 0 rings (SSSR count). The first-order chi connectivity index (χ1) is 1.73. The van der Waals surface area contributed by atoms with Crippen molar-refractivity contribution in [1.82, 2.24) is 0 Å². The van der Waals surface area contributed by atoms with E-state index in [1.165, 1.54) is 0 Å². The van der Waals surface area contributed by atoms with Gasteiger partial charge in [-0.2, -0.15) is 0 Å². The monoisotopic (exact) mass is 94.0 g/mol. The molecule has 7 heavy (non-hydrogen) atoms. The minimum absolute atomic E-state index is 0. The minimum atomic E-state index is -2.08. The Balaban J connectivity index is -0.0000000150. The summed E-state index contributed by atoms with van der Waals surface area (Å²) in [6, 6.07) is 0. The number of hydrogen-bond acceptors (Lipinski definition) is 2. The van der Waals surface area contributed by atoms with Crippen LogP contribution in [-0.4, -0.2) is 11.3 Å². The average Bonchev–Trinajstić information content (AvgIpc) is 0.811. The third kappa shape index (κ3) is 792. The summed E-state index contributed by atoms with van der Waals surface area (Å²) in [5, 5.41) is 15.3. The van der Waals surface area contributed by atoms with Crippen molar-refractivity contribution in [2.75, 3.05) is 0 Å². The Morgan fingerprint density at radius 3 is 1.43 bits per heavy atom. The van der Waals surface area contributed by atoms with Gasteiger partial charge in [-0.15, -0.1) is 0 Å². The molecule has 0 aliphatic heterocycles. The van der Waals surface area contributed by atoms with E-state index < -0.39 is 6.16 Å². The molecule has 0 amide bonds. The molecule has 32 valence electrons. The summed E-state index contributed by atoms with van der Waals surface area (Å²) >= 11 is 0. The number of carboxylic acid groups (broad SMARTS) is 2. The van der Waals surface area contributed by atoms with Crippen LogP contribution in [0.1, 0.15) is 0 Å². The van der Waals surface area contributed by atoms with Gasteiger partial charge in [0, 0.05) is 0 Å². The van der Waals surface area contributed by atoms with Crippen LogP contribution in [0.2, 0.25) is 0 Å². The van der Waals surface area contributed by atoms with Crippen LogP contribution in [0.5, 0.6) is 0 Å². The van der Waals surface area contributed by atoms with Crippen LogP contribution >= 0.6 is 0 Å². The van der Waals surface area contributed by atoms with Crippen LogP contribution in [0.3, 0.4) is 0 Å². The van der Waals surface area contributed by atoms with Gasteiger partial charge in [0.2, 0.25) is 6.16 Å². The van der Waals surface area contributed by atoms with Gasteiger partial charge in [-0.1, -0.05) is 0 Å². The molecule has 0 heterocycles. The quantitative estimate of drug-likeness (QED) is 0.303. The number of rotatable bonds is 0. The van der Waals surface area contributed by atoms with Gasteiger partial charge < -0.3 is 19.7 Å². The van der Waals surface area contributed by atoms with Gasteiger partial charge in [-0.25, -0.2) is 0 Å². The Morgan fingerprint density at radius 2 is 1.43 bits per heavy atom. The molecule has 0 radical (unpaired) electrons. The second-order valence-electron chi connectivity index (χ2n) is 0.266. The Kier molecular flexibility index (Phi) is 60.5. The Labute approximate surface area is 63.8 Å². The van der Waals surface area contributed by atoms with E-state index in [2.05, 4.69) is 0 Å². The van der Waals surface area contributed by atoms with Gasteiger partial charge in [0.25, 0.3) is 0 Å². The van der Waals surface area contributed by atoms with E-state index in [0.717, 1.165) is 0 Å². The summed E-state index contributed by atoms with van der Waals surface area (Å²) in [7, 11) is 0. The molecule has 0 saturated carbocycles. The molecule has 0 unspecified atom stereocenters. The minimum Gasteiger partial charge on any atom is -1.00 e. The molecule has 0 fully saturated rings. The summed E-state index contributed by atoms with van der Waals surface area (Å²) in [6.07, 6.45) is -2.08. The summed E-state index contributed by atoms with van der Waals surface area (Å²) < 4.78 is 0. The molecule has 0 saturated heterocycles. The first-order valence-electron chi connectivity index (χ1n) is 0.632. The molecule has 0 aromatic carbocycles. The van der Waals surface area contributed by atoms with E-state index in [9.17, 15) is 0 Å². The second-order valence-corrected chi connectivity index (χ2v) is 0.266. The SMILES string of the molecule is O=C([O-])O.[F-].[Li+].[Li+]. The fraction of sp³-hybridized carbons (Fsp3) is 0. The zero-order valence-electron chi connectivity index (χ0n) is 4.14. The Bertz CT molecular complexity index is 35.9. The van der Waals surface area contributed by atoms with Crippen molar-refractivity contribution in [1.29, 1.82) is 0 Å². The van der Waals surface area contributed by atoms with Crippen LogP contribution in [0.15, 0.2) is 0 Å². The van der Waals surface area contributed by atoms with Crippen molar-refractivity contribution < 1.29 is 57.4 Å². The smallest absolute Gasteiger partial charge is 1.00 e. The zero-order chi connectivity index (χ0) is 3.58. The number of carbonyl (C=O) groups is 1. The first kappa shape index (κ1) is 26.2. The molecule has 1 N–H and O–H groups in total. The number of hydrogen-bond donors (Lipinski definition) is 1. The summed E-state index contributed by atoms with van der Waals surface area (Å²) in [5.74, 6) is 0. The Hall–Kier alpha value is 0.395. The van der Waals surface area contributed by atoms with Gasteiger partial charge in [0.1, 0.15) is 0 Å². The maximum absolute atomic E-state index is 8.44. The van der Waals surface area contributed by atoms with Crippen LogP contribution in [0.4, 0.5) is 4.79 Å². The average molecular weight is 93.9 g/mol. The normalized spacial score (nSPS) is 3.43. The van der Waals surface area contributed by atoms with Crippen molar-refractivity contribution in [3.8, 4) is 0 Å². The van der Waals surface area contributed by atoms with E-state index in [-0.39, 0.29) is 42.4 Å². The number of halogens is 1. The van der Waals surface area contributed by atoms with Gasteiger partial charge in [-0.05, 0) is 0 Å². The van der Waals surface area contributed by atoms with Crippen molar-refractivity contribution in [2.24, 2.45) is 0 Å². The molecule has 0 bridgehead atoms. The maximum Gasteiger partial charge on any atom is 1.00 e. The molecule has 3 nitrogen and oxygen atoms in total.